The number of hydrogen-bond donors (Lipinski definition) is 0. The Labute approximate surface area is 151 Å². The van der Waals surface area contributed by atoms with Crippen molar-refractivity contribution < 1.29 is 35.5 Å². The first-order valence-corrected chi connectivity index (χ1v) is 8.78. The van der Waals surface area contributed by atoms with Crippen molar-refractivity contribution in [3.05, 3.63) is 70.8 Å². The van der Waals surface area contributed by atoms with E-state index >= 15 is 0 Å². The maximum absolute atomic E-state index is 12.4. The molecule has 1 aliphatic heterocycles. The van der Waals surface area contributed by atoms with Crippen LogP contribution in [0.1, 0.15) is 31.8 Å². The van der Waals surface area contributed by atoms with Crippen LogP contribution < -0.4 is 0 Å². The summed E-state index contributed by atoms with van der Waals surface area (Å²) in [6, 6.07) is 13.1. The first-order chi connectivity index (χ1) is 12.6. The Morgan fingerprint density at radius 1 is 0.852 bits per heavy atom. The summed E-state index contributed by atoms with van der Waals surface area (Å²) in [7, 11) is -6.15. The zero-order valence-electron chi connectivity index (χ0n) is 13.3. The molecule has 0 N–H and O–H groups in total. The zero-order valence-corrected chi connectivity index (χ0v) is 14.1. The highest BCUT2D eigenvalue weighted by molar-refractivity contribution is 7.87. The van der Waals surface area contributed by atoms with Crippen molar-refractivity contribution in [2.75, 3.05) is 0 Å². The van der Waals surface area contributed by atoms with E-state index in [1.807, 2.05) is 30.3 Å². The molecule has 0 aliphatic carbocycles. The number of hydroxylamine groups is 2. The van der Waals surface area contributed by atoms with Gasteiger partial charge in [0, 0.05) is 0 Å². The van der Waals surface area contributed by atoms with Gasteiger partial charge in [0.05, 0.1) is 11.1 Å². The molecule has 0 aromatic heterocycles. The van der Waals surface area contributed by atoms with Crippen molar-refractivity contribution in [2.24, 2.45) is 0 Å². The molecule has 0 bridgehead atoms. The second kappa shape index (κ2) is 6.63. The van der Waals surface area contributed by atoms with Gasteiger partial charge < -0.3 is 0 Å². The highest BCUT2D eigenvalue weighted by atomic mass is 32.2. The number of carbonyl (C=O) groups excluding carboxylic acids is 2. The Kier molecular flexibility index (Phi) is 4.62. The molecule has 27 heavy (non-hydrogen) atoms. The standard InChI is InChI=1S/C17H10F3NO5S/c18-17(19,20)27(24,25)26-21-15(22)13-9-8-12(10-14(13)16(21)23)7-6-11-4-2-1-3-5-11/h1-10H/b7-6-. The zero-order chi connectivity index (χ0) is 19.8. The topological polar surface area (TPSA) is 80.8 Å². The largest absolute Gasteiger partial charge is 0.525 e. The van der Waals surface area contributed by atoms with Gasteiger partial charge in [-0.2, -0.15) is 21.6 Å². The van der Waals surface area contributed by atoms with Crippen molar-refractivity contribution >= 4 is 34.1 Å². The lowest BCUT2D eigenvalue weighted by molar-refractivity contribution is -0.0748. The number of amides is 2. The molecule has 0 radical (unpaired) electrons. The molecule has 2 aromatic rings. The van der Waals surface area contributed by atoms with Crippen LogP contribution in [0.5, 0.6) is 0 Å². The molecule has 3 rings (SSSR count). The fraction of sp³-hybridized carbons (Fsp3) is 0.0588. The third kappa shape index (κ3) is 3.62. The summed E-state index contributed by atoms with van der Waals surface area (Å²) in [6.07, 6.45) is 3.36. The number of carbonyl (C=O) groups is 2. The van der Waals surface area contributed by atoms with Crippen LogP contribution in [0.3, 0.4) is 0 Å². The van der Waals surface area contributed by atoms with Crippen molar-refractivity contribution in [1.82, 2.24) is 5.06 Å². The maximum atomic E-state index is 12.4. The number of fused-ring (bicyclic) bond motifs is 1. The third-order valence-electron chi connectivity index (χ3n) is 3.60. The van der Waals surface area contributed by atoms with Gasteiger partial charge in [0.25, 0.3) is 11.8 Å². The van der Waals surface area contributed by atoms with Gasteiger partial charge in [0.1, 0.15) is 0 Å². The van der Waals surface area contributed by atoms with E-state index in [1.165, 1.54) is 18.2 Å². The molecule has 0 unspecified atom stereocenters. The molecule has 6 nitrogen and oxygen atoms in total. The summed E-state index contributed by atoms with van der Waals surface area (Å²) in [5.74, 6) is -2.58. The van der Waals surface area contributed by atoms with E-state index in [0.29, 0.717) is 5.56 Å². The lowest BCUT2D eigenvalue weighted by Gasteiger charge is -2.14. The summed E-state index contributed by atoms with van der Waals surface area (Å²) >= 11 is 0. The van der Waals surface area contributed by atoms with Crippen LogP contribution in [0.25, 0.3) is 12.2 Å². The number of hydrogen-bond acceptors (Lipinski definition) is 5. The number of rotatable bonds is 4. The minimum absolute atomic E-state index is 0.255. The van der Waals surface area contributed by atoms with E-state index in [4.69, 9.17) is 0 Å². The fourth-order valence-electron chi connectivity index (χ4n) is 2.30. The fourth-order valence-corrected chi connectivity index (χ4v) is 2.72. The first-order valence-electron chi connectivity index (χ1n) is 7.37. The quantitative estimate of drug-likeness (QED) is 0.450. The predicted molar refractivity (Wildman–Crippen MR) is 88.4 cm³/mol. The molecule has 0 saturated heterocycles. The maximum Gasteiger partial charge on any atom is 0.525 e. The van der Waals surface area contributed by atoms with Crippen molar-refractivity contribution in [1.29, 1.82) is 0 Å². The predicted octanol–water partition coefficient (Wildman–Crippen LogP) is 3.23. The number of imide groups is 1. The molecule has 140 valence electrons. The second-order valence-corrected chi connectivity index (χ2v) is 6.95. The average Bonchev–Trinajstić information content (AvgIpc) is 2.84. The van der Waals surface area contributed by atoms with Crippen molar-refractivity contribution in [3.8, 4) is 0 Å². The van der Waals surface area contributed by atoms with E-state index in [0.717, 1.165) is 5.56 Å². The van der Waals surface area contributed by atoms with Crippen LogP contribution in [0.2, 0.25) is 0 Å². The molecule has 1 aliphatic rings. The summed E-state index contributed by atoms with van der Waals surface area (Å²) in [5, 5.41) is -0.405. The minimum atomic E-state index is -6.15. The summed E-state index contributed by atoms with van der Waals surface area (Å²) in [4.78, 5) is 24.2. The molecular formula is C17H10F3NO5S. The Hall–Kier alpha value is -2.98. The molecule has 10 heteroatoms. The van der Waals surface area contributed by atoms with Gasteiger partial charge in [-0.1, -0.05) is 48.6 Å². The Bertz CT molecular complexity index is 1050. The summed E-state index contributed by atoms with van der Waals surface area (Å²) < 4.78 is 63.1. The molecule has 0 saturated carbocycles. The first kappa shape index (κ1) is 18.8. The Morgan fingerprint density at radius 3 is 2.07 bits per heavy atom. The van der Waals surface area contributed by atoms with Gasteiger partial charge in [-0.05, 0) is 23.3 Å². The summed E-state index contributed by atoms with van der Waals surface area (Å²) in [6.45, 7) is 0. The third-order valence-corrected chi connectivity index (χ3v) is 4.51. The SMILES string of the molecule is O=C1c2ccc(/C=C\c3ccccc3)cc2C(=O)N1OS(=O)(=O)C(F)(F)F. The number of halogens is 3. The lowest BCUT2D eigenvalue weighted by Crippen LogP contribution is -2.37. The minimum Gasteiger partial charge on any atom is -0.266 e. The number of alkyl halides is 3. The van der Waals surface area contributed by atoms with Gasteiger partial charge in [-0.15, -0.1) is 9.35 Å². The number of benzene rings is 2. The molecule has 0 atom stereocenters. The van der Waals surface area contributed by atoms with Crippen LogP contribution in [0.4, 0.5) is 13.2 Å². The van der Waals surface area contributed by atoms with Gasteiger partial charge in [-0.3, -0.25) is 9.59 Å². The smallest absolute Gasteiger partial charge is 0.266 e. The van der Waals surface area contributed by atoms with Crippen molar-refractivity contribution in [3.63, 3.8) is 0 Å². The molecule has 2 aromatic carbocycles. The van der Waals surface area contributed by atoms with E-state index in [2.05, 4.69) is 4.28 Å². The van der Waals surface area contributed by atoms with Crippen LogP contribution in [0, 0.1) is 0 Å². The monoisotopic (exact) mass is 397 g/mol. The van der Waals surface area contributed by atoms with E-state index in [1.54, 1.807) is 12.2 Å². The van der Waals surface area contributed by atoms with Gasteiger partial charge >= 0.3 is 15.6 Å². The highest BCUT2D eigenvalue weighted by Crippen LogP contribution is 2.30. The van der Waals surface area contributed by atoms with Crippen LogP contribution in [0.15, 0.2) is 48.5 Å². The van der Waals surface area contributed by atoms with Gasteiger partial charge in [0.2, 0.25) is 0 Å². The van der Waals surface area contributed by atoms with Gasteiger partial charge in [-0.25, -0.2) is 0 Å². The molecule has 0 spiro atoms. The Morgan fingerprint density at radius 2 is 1.44 bits per heavy atom. The van der Waals surface area contributed by atoms with Crippen LogP contribution in [-0.4, -0.2) is 30.8 Å². The summed E-state index contributed by atoms with van der Waals surface area (Å²) in [5.41, 5.74) is -4.94. The molecular weight excluding hydrogens is 387 g/mol. The number of nitrogens with zero attached hydrogens (tertiary/aromatic N) is 1. The van der Waals surface area contributed by atoms with E-state index < -0.39 is 32.5 Å². The van der Waals surface area contributed by atoms with Crippen LogP contribution >= 0.6 is 0 Å². The molecule has 0 fully saturated rings. The molecule has 2 amide bonds. The average molecular weight is 397 g/mol. The Balaban J connectivity index is 1.88. The van der Waals surface area contributed by atoms with Crippen molar-refractivity contribution in [2.45, 2.75) is 5.51 Å². The normalized spacial score (nSPS) is 14.9. The van der Waals surface area contributed by atoms with E-state index in [9.17, 15) is 31.2 Å². The highest BCUT2D eigenvalue weighted by Gasteiger charge is 2.52. The molecule has 1 heterocycles. The lowest BCUT2D eigenvalue weighted by atomic mass is 10.0. The second-order valence-electron chi connectivity index (χ2n) is 5.43. The van der Waals surface area contributed by atoms with Gasteiger partial charge in [0.15, 0.2) is 0 Å². The van der Waals surface area contributed by atoms with Crippen LogP contribution in [-0.2, 0) is 14.4 Å². The van der Waals surface area contributed by atoms with E-state index in [-0.39, 0.29) is 11.1 Å².